The van der Waals surface area contributed by atoms with Gasteiger partial charge in [-0.05, 0) is 11.8 Å². The molecule has 26 heavy (non-hydrogen) atoms. The fourth-order valence-electron chi connectivity index (χ4n) is 2.12. The number of aromatic hydroxyl groups is 1. The summed E-state index contributed by atoms with van der Waals surface area (Å²) in [5, 5.41) is 47.6. The van der Waals surface area contributed by atoms with Crippen molar-refractivity contribution in [1.82, 2.24) is 9.78 Å². The van der Waals surface area contributed by atoms with Crippen LogP contribution in [0.2, 0.25) is 0 Å². The third-order valence-electron chi connectivity index (χ3n) is 3.20. The number of hydrogen-bond acceptors (Lipinski definition) is 9. The van der Waals surface area contributed by atoms with Crippen LogP contribution in [0.3, 0.4) is 0 Å². The van der Waals surface area contributed by atoms with Crippen LogP contribution in [-0.2, 0) is 11.3 Å². The maximum atomic E-state index is 12.0. The van der Waals surface area contributed by atoms with Crippen molar-refractivity contribution in [2.75, 3.05) is 5.32 Å². The standard InChI is InChI=1S/C12H10N6O8/c1-6-11(17(23)24)12(18(25)26)14-15(6)5-10(20)13-7-2-8(16(21)22)4-9(19)3-7/h2-4,19H,5H2,1H3,(H,13,20). The smallest absolute Gasteiger partial charge is 0.468 e. The summed E-state index contributed by atoms with van der Waals surface area (Å²) in [5.41, 5.74) is -1.62. The second-order valence-corrected chi connectivity index (χ2v) is 4.97. The topological polar surface area (TPSA) is 197 Å². The maximum Gasteiger partial charge on any atom is 0.468 e. The quantitative estimate of drug-likeness (QED) is 0.558. The molecule has 0 spiro atoms. The van der Waals surface area contributed by atoms with Crippen molar-refractivity contribution >= 4 is 28.8 Å². The van der Waals surface area contributed by atoms with Crippen molar-refractivity contribution in [3.05, 3.63) is 54.2 Å². The van der Waals surface area contributed by atoms with Gasteiger partial charge in [-0.25, -0.2) is 0 Å². The largest absolute Gasteiger partial charge is 0.508 e. The molecular formula is C12H10N6O8. The van der Waals surface area contributed by atoms with Gasteiger partial charge in [-0.1, -0.05) is 0 Å². The lowest BCUT2D eigenvalue weighted by atomic mass is 10.2. The first-order valence-corrected chi connectivity index (χ1v) is 6.74. The molecule has 0 aliphatic heterocycles. The number of benzene rings is 1. The van der Waals surface area contributed by atoms with Gasteiger partial charge in [-0.2, -0.15) is 4.68 Å². The number of aromatic nitrogens is 2. The SMILES string of the molecule is Cc1c([N+](=O)[O-])c([N+](=O)[O-])nn1CC(=O)Nc1cc(O)cc([N+](=O)[O-])c1. The number of nitro benzene ring substituents is 1. The van der Waals surface area contributed by atoms with Gasteiger partial charge in [-0.3, -0.25) is 25.0 Å². The van der Waals surface area contributed by atoms with E-state index < -0.39 is 50.2 Å². The van der Waals surface area contributed by atoms with Crippen molar-refractivity contribution in [2.45, 2.75) is 13.5 Å². The summed E-state index contributed by atoms with van der Waals surface area (Å²) >= 11 is 0. The number of rotatable bonds is 6. The van der Waals surface area contributed by atoms with Gasteiger partial charge in [0.05, 0.1) is 26.7 Å². The van der Waals surface area contributed by atoms with Gasteiger partial charge >= 0.3 is 11.5 Å². The molecule has 14 nitrogen and oxygen atoms in total. The van der Waals surface area contributed by atoms with Crippen LogP contribution >= 0.6 is 0 Å². The van der Waals surface area contributed by atoms with Crippen LogP contribution in [0.15, 0.2) is 18.2 Å². The van der Waals surface area contributed by atoms with Gasteiger partial charge in [0.25, 0.3) is 5.69 Å². The molecule has 2 N–H and O–H groups in total. The van der Waals surface area contributed by atoms with Gasteiger partial charge in [0.1, 0.15) is 18.0 Å². The molecular weight excluding hydrogens is 356 g/mol. The fourth-order valence-corrected chi connectivity index (χ4v) is 2.12. The number of phenolic OH excluding ortho intramolecular Hbond substituents is 1. The van der Waals surface area contributed by atoms with Gasteiger partial charge in [-0.15, -0.1) is 0 Å². The summed E-state index contributed by atoms with van der Waals surface area (Å²) < 4.78 is 0.767. The first-order chi connectivity index (χ1) is 12.1. The van der Waals surface area contributed by atoms with Gasteiger partial charge in [0.15, 0.2) is 0 Å². The van der Waals surface area contributed by atoms with Crippen LogP contribution in [-0.4, -0.2) is 35.6 Å². The van der Waals surface area contributed by atoms with Crippen molar-refractivity contribution in [3.63, 3.8) is 0 Å². The van der Waals surface area contributed by atoms with E-state index in [1.54, 1.807) is 0 Å². The van der Waals surface area contributed by atoms with Crippen molar-refractivity contribution in [2.24, 2.45) is 0 Å². The zero-order valence-corrected chi connectivity index (χ0v) is 13.0. The summed E-state index contributed by atoms with van der Waals surface area (Å²) in [5.74, 6) is -2.29. The zero-order chi connectivity index (χ0) is 19.6. The first-order valence-electron chi connectivity index (χ1n) is 6.74. The molecule has 0 bridgehead atoms. The van der Waals surface area contributed by atoms with Crippen LogP contribution < -0.4 is 5.32 Å². The van der Waals surface area contributed by atoms with E-state index in [0.717, 1.165) is 22.9 Å². The second kappa shape index (κ2) is 6.80. The molecule has 14 heteroatoms. The molecule has 0 fully saturated rings. The minimum Gasteiger partial charge on any atom is -0.508 e. The molecule has 0 radical (unpaired) electrons. The number of nitrogens with zero attached hydrogens (tertiary/aromatic N) is 5. The van der Waals surface area contributed by atoms with E-state index in [4.69, 9.17) is 0 Å². The van der Waals surface area contributed by atoms with E-state index in [1.807, 2.05) is 0 Å². The zero-order valence-electron chi connectivity index (χ0n) is 13.0. The summed E-state index contributed by atoms with van der Waals surface area (Å²) in [6.07, 6.45) is 0. The highest BCUT2D eigenvalue weighted by Gasteiger charge is 2.35. The maximum absolute atomic E-state index is 12.0. The number of nitrogens with one attached hydrogen (secondary N) is 1. The monoisotopic (exact) mass is 366 g/mol. The molecule has 2 aromatic rings. The molecule has 1 amide bonds. The lowest BCUT2D eigenvalue weighted by Gasteiger charge is -2.05. The average molecular weight is 366 g/mol. The number of carbonyl (C=O) groups is 1. The Morgan fingerprint density at radius 1 is 1.15 bits per heavy atom. The van der Waals surface area contributed by atoms with E-state index in [0.29, 0.717) is 0 Å². The van der Waals surface area contributed by atoms with Crippen LogP contribution in [0.5, 0.6) is 5.75 Å². The summed E-state index contributed by atoms with van der Waals surface area (Å²) in [6, 6.07) is 2.91. The molecule has 0 saturated carbocycles. The Morgan fingerprint density at radius 3 is 2.31 bits per heavy atom. The van der Waals surface area contributed by atoms with E-state index in [-0.39, 0.29) is 11.4 Å². The average Bonchev–Trinajstić information content (AvgIpc) is 2.83. The third kappa shape index (κ3) is 3.69. The highest BCUT2D eigenvalue weighted by atomic mass is 16.6. The summed E-state index contributed by atoms with van der Waals surface area (Å²) in [4.78, 5) is 41.7. The Bertz CT molecular complexity index is 936. The van der Waals surface area contributed by atoms with Gasteiger partial charge in [0, 0.05) is 12.1 Å². The minimum absolute atomic E-state index is 0.101. The van der Waals surface area contributed by atoms with Crippen molar-refractivity contribution in [1.29, 1.82) is 0 Å². The molecule has 1 aromatic carbocycles. The number of carbonyl (C=O) groups excluding carboxylic acids is 1. The van der Waals surface area contributed by atoms with E-state index in [2.05, 4.69) is 10.4 Å². The second-order valence-electron chi connectivity index (χ2n) is 4.97. The molecule has 0 saturated heterocycles. The van der Waals surface area contributed by atoms with E-state index in [1.165, 1.54) is 6.92 Å². The highest BCUT2D eigenvalue weighted by molar-refractivity contribution is 5.91. The minimum atomic E-state index is -1.04. The number of hydrogen-bond donors (Lipinski definition) is 2. The first kappa shape index (κ1) is 18.2. The highest BCUT2D eigenvalue weighted by Crippen LogP contribution is 2.29. The molecule has 0 atom stereocenters. The number of nitro groups is 3. The van der Waals surface area contributed by atoms with Crippen LogP contribution in [0.1, 0.15) is 5.69 Å². The van der Waals surface area contributed by atoms with Crippen LogP contribution in [0, 0.1) is 37.3 Å². The summed E-state index contributed by atoms with van der Waals surface area (Å²) in [6.45, 7) is 0.564. The Balaban J connectivity index is 2.26. The molecule has 136 valence electrons. The van der Waals surface area contributed by atoms with E-state index in [9.17, 15) is 40.2 Å². The molecule has 0 unspecified atom stereocenters. The Labute approximate surface area is 143 Å². The molecule has 0 aliphatic carbocycles. The predicted molar refractivity (Wildman–Crippen MR) is 83.7 cm³/mol. The van der Waals surface area contributed by atoms with Crippen molar-refractivity contribution < 1.29 is 24.7 Å². The summed E-state index contributed by atoms with van der Waals surface area (Å²) in [7, 11) is 0. The third-order valence-corrected chi connectivity index (χ3v) is 3.20. The Morgan fingerprint density at radius 2 is 1.81 bits per heavy atom. The number of anilines is 1. The predicted octanol–water partition coefficient (Wildman–Crippen LogP) is 1.26. The Kier molecular flexibility index (Phi) is 4.77. The van der Waals surface area contributed by atoms with Crippen molar-refractivity contribution in [3.8, 4) is 5.75 Å². The van der Waals surface area contributed by atoms with Gasteiger partial charge in [0.2, 0.25) is 5.91 Å². The van der Waals surface area contributed by atoms with Gasteiger partial charge < -0.3 is 20.5 Å². The molecule has 1 heterocycles. The van der Waals surface area contributed by atoms with Crippen LogP contribution in [0.4, 0.5) is 22.9 Å². The number of non-ortho nitro benzene ring substituents is 1. The Hall–Kier alpha value is -4.10. The van der Waals surface area contributed by atoms with Crippen LogP contribution in [0.25, 0.3) is 0 Å². The fraction of sp³-hybridized carbons (Fsp3) is 0.167. The lowest BCUT2D eigenvalue weighted by molar-refractivity contribution is -0.424. The lowest BCUT2D eigenvalue weighted by Crippen LogP contribution is -2.20. The molecule has 0 aliphatic rings. The normalized spacial score (nSPS) is 10.3. The number of amides is 1. The van der Waals surface area contributed by atoms with E-state index >= 15 is 0 Å². The molecule has 2 rings (SSSR count). The molecule has 1 aromatic heterocycles. The number of phenols is 1.